The molecule has 0 spiro atoms. The molecule has 1 aliphatic rings. The quantitative estimate of drug-likeness (QED) is 0.252. The van der Waals surface area contributed by atoms with E-state index >= 15 is 0 Å². The Balaban J connectivity index is 1.72. The lowest BCUT2D eigenvalue weighted by molar-refractivity contribution is -0.276. The van der Waals surface area contributed by atoms with Crippen LogP contribution in [0, 0.1) is 0 Å². The molecule has 3 aromatic carbocycles. The van der Waals surface area contributed by atoms with Gasteiger partial charge in [-0.2, -0.15) is 26.3 Å². The molecule has 3 aromatic rings. The van der Waals surface area contributed by atoms with Gasteiger partial charge in [-0.1, -0.05) is 52.8 Å². The van der Waals surface area contributed by atoms with E-state index in [0.717, 1.165) is 12.1 Å². The second-order valence-corrected chi connectivity index (χ2v) is 8.10. The zero-order valence-corrected chi connectivity index (χ0v) is 19.2. The van der Waals surface area contributed by atoms with Crippen molar-refractivity contribution < 1.29 is 40.8 Å². The van der Waals surface area contributed by atoms with Crippen LogP contribution < -0.4 is 5.32 Å². The Hall–Kier alpha value is -4.09. The molecule has 0 saturated heterocycles. The summed E-state index contributed by atoms with van der Waals surface area (Å²) >= 11 is 0. The van der Waals surface area contributed by atoms with Crippen molar-refractivity contribution in [3.8, 4) is 0 Å². The van der Waals surface area contributed by atoms with Crippen molar-refractivity contribution >= 4 is 28.6 Å². The Morgan fingerprint density at radius 1 is 1.08 bits per heavy atom. The third kappa shape index (κ3) is 4.95. The highest BCUT2D eigenvalue weighted by Gasteiger charge is 2.62. The summed E-state index contributed by atoms with van der Waals surface area (Å²) in [7, 11) is 1.35. The molecular weight excluding hydrogens is 504 g/mol. The summed E-state index contributed by atoms with van der Waals surface area (Å²) in [5.41, 5.74) is -4.67. The highest BCUT2D eigenvalue weighted by Crippen LogP contribution is 2.50. The van der Waals surface area contributed by atoms with Crippen LogP contribution in [0.5, 0.6) is 0 Å². The van der Waals surface area contributed by atoms with Gasteiger partial charge in [0.15, 0.2) is 0 Å². The molecule has 1 unspecified atom stereocenters. The molecule has 194 valence electrons. The number of carbonyl (C=O) groups is 1. The summed E-state index contributed by atoms with van der Waals surface area (Å²) in [6.07, 6.45) is -9.45. The second-order valence-electron chi connectivity index (χ2n) is 8.10. The van der Waals surface area contributed by atoms with Gasteiger partial charge in [-0.05, 0) is 29.0 Å². The Kier molecular flexibility index (Phi) is 6.85. The predicted octanol–water partition coefficient (Wildman–Crippen LogP) is 5.80. The number of benzene rings is 3. The standard InChI is InChI=1S/C25H19F6N3O3/c1-36-33-12-11-32-22(35)20-10-9-19(17-7-2-3-8-18(17)20)21-14-23(37-34-21,25(29,30)31)15-5-4-6-16(13-15)24(26,27)28/h2-10,12-13H,11,14H2,1H3,(H,32,35). The number of halogens is 6. The average molecular weight is 523 g/mol. The first kappa shape index (κ1) is 26.0. The highest BCUT2D eigenvalue weighted by molar-refractivity contribution is 6.16. The molecule has 1 heterocycles. The van der Waals surface area contributed by atoms with Crippen molar-refractivity contribution in [2.75, 3.05) is 13.7 Å². The maximum Gasteiger partial charge on any atom is 0.435 e. The molecule has 0 bridgehead atoms. The molecule has 37 heavy (non-hydrogen) atoms. The third-order valence-electron chi connectivity index (χ3n) is 5.86. The number of hydrogen-bond donors (Lipinski definition) is 1. The van der Waals surface area contributed by atoms with Gasteiger partial charge in [0.2, 0.25) is 0 Å². The van der Waals surface area contributed by atoms with E-state index in [9.17, 15) is 31.1 Å². The fourth-order valence-electron chi connectivity index (χ4n) is 4.09. The Morgan fingerprint density at radius 3 is 2.49 bits per heavy atom. The predicted molar refractivity (Wildman–Crippen MR) is 123 cm³/mol. The van der Waals surface area contributed by atoms with Crippen molar-refractivity contribution in [3.63, 3.8) is 0 Å². The zero-order valence-electron chi connectivity index (χ0n) is 19.2. The van der Waals surface area contributed by atoms with Crippen LogP contribution in [0.25, 0.3) is 10.8 Å². The Morgan fingerprint density at radius 2 is 1.81 bits per heavy atom. The molecule has 1 N–H and O–H groups in total. The van der Waals surface area contributed by atoms with Crippen LogP contribution >= 0.6 is 0 Å². The number of fused-ring (bicyclic) bond motifs is 1. The van der Waals surface area contributed by atoms with Crippen molar-refractivity contribution in [2.24, 2.45) is 10.3 Å². The van der Waals surface area contributed by atoms with Crippen molar-refractivity contribution in [2.45, 2.75) is 24.4 Å². The Bertz CT molecular complexity index is 1380. The second kappa shape index (κ2) is 9.75. The molecule has 12 heteroatoms. The van der Waals surface area contributed by atoms with Crippen molar-refractivity contribution in [1.29, 1.82) is 0 Å². The molecule has 1 amide bonds. The molecule has 4 rings (SSSR count). The minimum absolute atomic E-state index is 0.0778. The minimum Gasteiger partial charge on any atom is -0.399 e. The molecule has 0 radical (unpaired) electrons. The first-order valence-electron chi connectivity index (χ1n) is 10.8. The number of carbonyl (C=O) groups excluding carboxylic acids is 1. The number of oxime groups is 2. The number of nitrogens with one attached hydrogen (secondary N) is 1. The van der Waals surface area contributed by atoms with Gasteiger partial charge < -0.3 is 15.0 Å². The summed E-state index contributed by atoms with van der Waals surface area (Å²) in [5, 5.41) is 10.7. The summed E-state index contributed by atoms with van der Waals surface area (Å²) in [4.78, 5) is 22.1. The fourth-order valence-corrected chi connectivity index (χ4v) is 4.09. The van der Waals surface area contributed by atoms with Gasteiger partial charge in [-0.15, -0.1) is 0 Å². The maximum absolute atomic E-state index is 14.3. The first-order chi connectivity index (χ1) is 17.5. The largest absolute Gasteiger partial charge is 0.435 e. The van der Waals surface area contributed by atoms with Crippen molar-refractivity contribution in [1.82, 2.24) is 5.32 Å². The van der Waals surface area contributed by atoms with E-state index < -0.39 is 41.4 Å². The number of rotatable bonds is 6. The van der Waals surface area contributed by atoms with Gasteiger partial charge in [0.25, 0.3) is 11.5 Å². The van der Waals surface area contributed by atoms with Crippen LogP contribution in [-0.2, 0) is 21.5 Å². The lowest BCUT2D eigenvalue weighted by Gasteiger charge is -2.30. The van der Waals surface area contributed by atoms with E-state index in [2.05, 4.69) is 20.5 Å². The molecule has 0 aliphatic carbocycles. The zero-order chi connectivity index (χ0) is 26.8. The van der Waals surface area contributed by atoms with Gasteiger partial charge in [0.1, 0.15) is 7.11 Å². The van der Waals surface area contributed by atoms with Gasteiger partial charge in [-0.25, -0.2) is 0 Å². The molecule has 0 aromatic heterocycles. The highest BCUT2D eigenvalue weighted by atomic mass is 19.4. The first-order valence-corrected chi connectivity index (χ1v) is 10.8. The van der Waals surface area contributed by atoms with Crippen LogP contribution in [0.3, 0.4) is 0 Å². The summed E-state index contributed by atoms with van der Waals surface area (Å²) in [6.45, 7) is 0.0778. The number of amides is 1. The molecule has 1 aliphatic heterocycles. The van der Waals surface area contributed by atoms with Crippen LogP contribution in [0.4, 0.5) is 26.3 Å². The van der Waals surface area contributed by atoms with Gasteiger partial charge >= 0.3 is 12.4 Å². The lowest BCUT2D eigenvalue weighted by Crippen LogP contribution is -2.42. The van der Waals surface area contributed by atoms with E-state index in [1.165, 1.54) is 25.5 Å². The lowest BCUT2D eigenvalue weighted by atomic mass is 9.84. The number of hydrogen-bond acceptors (Lipinski definition) is 5. The molecule has 0 saturated carbocycles. The molecule has 6 nitrogen and oxygen atoms in total. The summed E-state index contributed by atoms with van der Waals surface area (Å²) < 4.78 is 82.6. The van der Waals surface area contributed by atoms with E-state index in [4.69, 9.17) is 4.84 Å². The maximum atomic E-state index is 14.3. The van der Waals surface area contributed by atoms with Crippen LogP contribution in [0.2, 0.25) is 0 Å². The molecule has 1 atom stereocenters. The van der Waals surface area contributed by atoms with E-state index in [0.29, 0.717) is 22.9 Å². The van der Waals surface area contributed by atoms with Gasteiger partial charge in [0, 0.05) is 23.1 Å². The summed E-state index contributed by atoms with van der Waals surface area (Å²) in [5.74, 6) is -0.455. The van der Waals surface area contributed by atoms with E-state index in [1.807, 2.05) is 0 Å². The van der Waals surface area contributed by atoms with Crippen LogP contribution in [0.1, 0.15) is 33.5 Å². The van der Waals surface area contributed by atoms with Crippen molar-refractivity contribution in [3.05, 3.63) is 82.9 Å². The topological polar surface area (TPSA) is 72.3 Å². The average Bonchev–Trinajstić information content (AvgIpc) is 3.32. The minimum atomic E-state index is -5.08. The normalized spacial score (nSPS) is 18.1. The third-order valence-corrected chi connectivity index (χ3v) is 5.86. The smallest absolute Gasteiger partial charge is 0.399 e. The fraction of sp³-hybridized carbons (Fsp3) is 0.240. The van der Waals surface area contributed by atoms with Gasteiger partial charge in [-0.3, -0.25) is 4.79 Å². The monoisotopic (exact) mass is 523 g/mol. The van der Waals surface area contributed by atoms with E-state index in [-0.39, 0.29) is 23.4 Å². The number of nitrogens with zero attached hydrogens (tertiary/aromatic N) is 2. The van der Waals surface area contributed by atoms with Crippen LogP contribution in [0.15, 0.2) is 71.0 Å². The molecular formula is C25H19F6N3O3. The van der Waals surface area contributed by atoms with Crippen LogP contribution in [-0.4, -0.2) is 37.7 Å². The summed E-state index contributed by atoms with van der Waals surface area (Å²) in [6, 6.07) is 12.3. The van der Waals surface area contributed by atoms with E-state index in [1.54, 1.807) is 24.3 Å². The number of alkyl halides is 6. The molecule has 0 fully saturated rings. The van der Waals surface area contributed by atoms with Gasteiger partial charge in [0.05, 0.1) is 24.0 Å². The Labute approximate surface area is 206 Å². The SMILES string of the molecule is CON=CCNC(=O)c1ccc(C2=NOC(c3cccc(C(F)(F)F)c3)(C(F)(F)F)C2)c2ccccc12.